The van der Waals surface area contributed by atoms with Crippen LogP contribution in [0.25, 0.3) is 22.9 Å². The summed E-state index contributed by atoms with van der Waals surface area (Å²) in [5.41, 5.74) is 3.17. The standard InChI is InChI=1S/C31H34N2O4/c1-5-6-17-28(34)33-30(36)32-27(20-22-13-9-7-10-14-22)24-18-19-25(23-15-11-8-12-16-23)26(21-24)29(35)37-31(2,3)4/h7-16,18-21H,5-6,17H2,1-4H3,(H2,32,33,34,36). The van der Waals surface area contributed by atoms with Crippen LogP contribution in [0.2, 0.25) is 0 Å². The van der Waals surface area contributed by atoms with E-state index < -0.39 is 17.6 Å². The molecule has 0 aromatic heterocycles. The first kappa shape index (κ1) is 27.4. The summed E-state index contributed by atoms with van der Waals surface area (Å²) in [5.74, 6) is -0.807. The zero-order valence-electron chi connectivity index (χ0n) is 21.8. The predicted octanol–water partition coefficient (Wildman–Crippen LogP) is 6.82. The van der Waals surface area contributed by atoms with Gasteiger partial charge in [-0.3, -0.25) is 10.1 Å². The van der Waals surface area contributed by atoms with Crippen molar-refractivity contribution < 1.29 is 19.1 Å². The highest BCUT2D eigenvalue weighted by molar-refractivity contribution is 6.02. The summed E-state index contributed by atoms with van der Waals surface area (Å²) in [6.45, 7) is 7.44. The molecule has 3 aromatic rings. The van der Waals surface area contributed by atoms with E-state index in [0.29, 0.717) is 23.2 Å². The minimum absolute atomic E-state index is 0.274. The van der Waals surface area contributed by atoms with Crippen molar-refractivity contribution in [1.82, 2.24) is 10.6 Å². The second kappa shape index (κ2) is 12.7. The van der Waals surface area contributed by atoms with Crippen LogP contribution in [0.15, 0.2) is 78.9 Å². The fourth-order valence-electron chi connectivity index (χ4n) is 3.67. The molecule has 0 atom stereocenters. The Bertz CT molecular complexity index is 1260. The lowest BCUT2D eigenvalue weighted by Gasteiger charge is -2.21. The van der Waals surface area contributed by atoms with Crippen molar-refractivity contribution in [1.29, 1.82) is 0 Å². The lowest BCUT2D eigenvalue weighted by atomic mass is 9.95. The molecule has 0 heterocycles. The Balaban J connectivity index is 2.04. The van der Waals surface area contributed by atoms with Crippen molar-refractivity contribution in [2.45, 2.75) is 52.6 Å². The first-order valence-corrected chi connectivity index (χ1v) is 12.5. The maximum absolute atomic E-state index is 13.3. The van der Waals surface area contributed by atoms with E-state index in [1.54, 1.807) is 12.1 Å². The summed E-state index contributed by atoms with van der Waals surface area (Å²) in [5, 5.41) is 5.19. The van der Waals surface area contributed by atoms with Gasteiger partial charge in [-0.05, 0) is 61.6 Å². The molecule has 0 aliphatic heterocycles. The van der Waals surface area contributed by atoms with Crippen molar-refractivity contribution in [2.75, 3.05) is 0 Å². The molecule has 3 amide bonds. The monoisotopic (exact) mass is 498 g/mol. The first-order valence-electron chi connectivity index (χ1n) is 12.5. The van der Waals surface area contributed by atoms with Crippen LogP contribution in [-0.2, 0) is 9.53 Å². The Morgan fingerprint density at radius 1 is 0.865 bits per heavy atom. The topological polar surface area (TPSA) is 84.5 Å². The fourth-order valence-corrected chi connectivity index (χ4v) is 3.67. The second-order valence-corrected chi connectivity index (χ2v) is 9.70. The van der Waals surface area contributed by atoms with Crippen LogP contribution < -0.4 is 10.6 Å². The number of amides is 3. The van der Waals surface area contributed by atoms with Crippen LogP contribution in [0.5, 0.6) is 0 Å². The van der Waals surface area contributed by atoms with E-state index in [1.165, 1.54) is 0 Å². The van der Waals surface area contributed by atoms with Crippen molar-refractivity contribution in [3.63, 3.8) is 0 Å². The Kier molecular flexibility index (Phi) is 9.39. The smallest absolute Gasteiger partial charge is 0.339 e. The first-order chi connectivity index (χ1) is 17.7. The van der Waals surface area contributed by atoms with E-state index in [9.17, 15) is 14.4 Å². The van der Waals surface area contributed by atoms with Crippen LogP contribution in [-0.4, -0.2) is 23.5 Å². The Morgan fingerprint density at radius 2 is 1.51 bits per heavy atom. The highest BCUT2D eigenvalue weighted by Gasteiger charge is 2.22. The van der Waals surface area contributed by atoms with Gasteiger partial charge in [-0.1, -0.05) is 86.1 Å². The molecule has 0 aliphatic rings. The van der Waals surface area contributed by atoms with Gasteiger partial charge < -0.3 is 10.1 Å². The molecule has 192 valence electrons. The number of nitrogens with one attached hydrogen (secondary N) is 2. The maximum Gasteiger partial charge on any atom is 0.339 e. The molecule has 37 heavy (non-hydrogen) atoms. The number of imide groups is 1. The van der Waals surface area contributed by atoms with Gasteiger partial charge in [-0.15, -0.1) is 0 Å². The number of hydrogen-bond acceptors (Lipinski definition) is 4. The molecule has 0 unspecified atom stereocenters. The van der Waals surface area contributed by atoms with Crippen molar-refractivity contribution in [3.8, 4) is 11.1 Å². The van der Waals surface area contributed by atoms with Gasteiger partial charge >= 0.3 is 12.0 Å². The molecule has 0 saturated heterocycles. The molecule has 6 nitrogen and oxygen atoms in total. The highest BCUT2D eigenvalue weighted by atomic mass is 16.6. The van der Waals surface area contributed by atoms with E-state index >= 15 is 0 Å². The lowest BCUT2D eigenvalue weighted by Crippen LogP contribution is -2.38. The van der Waals surface area contributed by atoms with E-state index in [1.807, 2.05) is 100 Å². The number of unbranched alkanes of at least 4 members (excludes halogenated alkanes) is 1. The van der Waals surface area contributed by atoms with Gasteiger partial charge in [0.15, 0.2) is 0 Å². The molecule has 2 N–H and O–H groups in total. The normalized spacial score (nSPS) is 11.5. The highest BCUT2D eigenvalue weighted by Crippen LogP contribution is 2.29. The molecular weight excluding hydrogens is 464 g/mol. The van der Waals surface area contributed by atoms with E-state index in [0.717, 1.165) is 23.1 Å². The minimum Gasteiger partial charge on any atom is -0.456 e. The van der Waals surface area contributed by atoms with Gasteiger partial charge in [0.1, 0.15) is 5.60 Å². The molecule has 0 saturated carbocycles. The number of ether oxygens (including phenoxy) is 1. The third-order valence-electron chi connectivity index (χ3n) is 5.40. The van der Waals surface area contributed by atoms with Crippen molar-refractivity contribution >= 4 is 29.7 Å². The van der Waals surface area contributed by atoms with Gasteiger partial charge in [0.25, 0.3) is 0 Å². The number of urea groups is 1. The molecule has 0 fully saturated rings. The van der Waals surface area contributed by atoms with Crippen LogP contribution in [0.1, 0.15) is 68.4 Å². The third-order valence-corrected chi connectivity index (χ3v) is 5.40. The number of esters is 1. The number of rotatable bonds is 8. The molecule has 3 rings (SSSR count). The molecule has 0 radical (unpaired) electrons. The number of carbonyl (C=O) groups excluding carboxylic acids is 3. The fraction of sp³-hybridized carbons (Fsp3) is 0.258. The van der Waals surface area contributed by atoms with Crippen LogP contribution >= 0.6 is 0 Å². The molecule has 3 aromatic carbocycles. The van der Waals surface area contributed by atoms with Crippen molar-refractivity contribution in [3.05, 3.63) is 95.6 Å². The van der Waals surface area contributed by atoms with Crippen LogP contribution in [0, 0.1) is 0 Å². The van der Waals surface area contributed by atoms with Crippen LogP contribution in [0.4, 0.5) is 4.79 Å². The quantitative estimate of drug-likeness (QED) is 0.264. The largest absolute Gasteiger partial charge is 0.456 e. The summed E-state index contributed by atoms with van der Waals surface area (Å²) >= 11 is 0. The molecule has 0 spiro atoms. The van der Waals surface area contributed by atoms with Crippen molar-refractivity contribution in [2.24, 2.45) is 0 Å². The van der Waals surface area contributed by atoms with Gasteiger partial charge in [-0.25, -0.2) is 9.59 Å². The van der Waals surface area contributed by atoms with E-state index in [2.05, 4.69) is 10.6 Å². The summed E-state index contributed by atoms with van der Waals surface area (Å²) < 4.78 is 5.71. The zero-order chi connectivity index (χ0) is 26.8. The van der Waals surface area contributed by atoms with Gasteiger partial charge in [0, 0.05) is 6.42 Å². The average molecular weight is 499 g/mol. The molecule has 0 aliphatic carbocycles. The Labute approximate surface area is 218 Å². The van der Waals surface area contributed by atoms with Gasteiger partial charge in [0.05, 0.1) is 11.3 Å². The third kappa shape index (κ3) is 8.46. The number of carbonyl (C=O) groups is 3. The Morgan fingerprint density at radius 3 is 2.14 bits per heavy atom. The van der Waals surface area contributed by atoms with Gasteiger partial charge in [0.2, 0.25) is 5.91 Å². The number of benzene rings is 3. The maximum atomic E-state index is 13.3. The SMILES string of the molecule is CCCCC(=O)NC(=O)NC(=Cc1ccccc1)c1ccc(-c2ccccc2)c(C(=O)OC(C)(C)C)c1. The Hall–Kier alpha value is -4.19. The average Bonchev–Trinajstić information content (AvgIpc) is 2.87. The zero-order valence-corrected chi connectivity index (χ0v) is 21.8. The van der Waals surface area contributed by atoms with Gasteiger partial charge in [-0.2, -0.15) is 0 Å². The summed E-state index contributed by atoms with van der Waals surface area (Å²) in [6, 6.07) is 23.8. The van der Waals surface area contributed by atoms with Crippen LogP contribution in [0.3, 0.4) is 0 Å². The van der Waals surface area contributed by atoms with E-state index in [-0.39, 0.29) is 12.3 Å². The second-order valence-electron chi connectivity index (χ2n) is 9.70. The number of hydrogen-bond donors (Lipinski definition) is 2. The molecule has 0 bridgehead atoms. The minimum atomic E-state index is -0.680. The molecular formula is C31H34N2O4. The summed E-state index contributed by atoms with van der Waals surface area (Å²) in [6.07, 6.45) is 3.63. The summed E-state index contributed by atoms with van der Waals surface area (Å²) in [7, 11) is 0. The summed E-state index contributed by atoms with van der Waals surface area (Å²) in [4.78, 5) is 38.1. The molecule has 6 heteroatoms. The van der Waals surface area contributed by atoms with E-state index in [4.69, 9.17) is 4.74 Å². The predicted molar refractivity (Wildman–Crippen MR) is 148 cm³/mol. The lowest BCUT2D eigenvalue weighted by molar-refractivity contribution is -0.120.